The zero-order valence-electron chi connectivity index (χ0n) is 15.2. The number of fused-ring (bicyclic) bond motifs is 1. The van der Waals surface area contributed by atoms with Crippen molar-refractivity contribution in [1.29, 1.82) is 0 Å². The number of hydrogen-bond acceptors (Lipinski definition) is 12. The molecule has 1 fully saturated rings. The first-order chi connectivity index (χ1) is 14.8. The number of nitrogen functional groups attached to an aromatic ring is 1. The topological polar surface area (TPSA) is 184 Å². The maximum absolute atomic E-state index is 12.7. The molecule has 0 saturated carbocycles. The first-order valence-electron chi connectivity index (χ1n) is 8.50. The van der Waals surface area contributed by atoms with E-state index in [0.29, 0.717) is 22.9 Å². The van der Waals surface area contributed by atoms with Crippen molar-refractivity contribution in [2.75, 3.05) is 5.73 Å². The zero-order chi connectivity index (χ0) is 22.3. The summed E-state index contributed by atoms with van der Waals surface area (Å²) in [7, 11) is 0. The molecule has 0 aliphatic carbocycles. The molecule has 2 aromatic rings. The number of carboxylic acid groups (broad SMARTS) is 1. The highest BCUT2D eigenvalue weighted by atomic mass is 35.5. The minimum Gasteiger partial charge on any atom is -0.477 e. The maximum Gasteiger partial charge on any atom is 0.353 e. The number of β-lactam (4-membered cyclic amide) rings is 1. The van der Waals surface area contributed by atoms with Gasteiger partial charge in [-0.25, -0.2) is 14.8 Å². The van der Waals surface area contributed by atoms with Gasteiger partial charge in [0.15, 0.2) is 10.8 Å². The number of nitrogens with two attached hydrogens (primary N) is 1. The van der Waals surface area contributed by atoms with Crippen LogP contribution < -0.4 is 11.1 Å². The normalized spacial score (nSPS) is 21.0. The smallest absolute Gasteiger partial charge is 0.353 e. The minimum atomic E-state index is -1.26. The summed E-state index contributed by atoms with van der Waals surface area (Å²) in [6.45, 7) is 0. The SMILES string of the molecule is Nc1nc(/C(=N/O)C(=O)NC2C(=O)N3C(C(=O)O)=C(Sc4ncsn4)CCC23)c(Cl)s1. The number of aromatic nitrogens is 3. The lowest BCUT2D eigenvalue weighted by atomic mass is 9.86. The second kappa shape index (κ2) is 8.41. The second-order valence-corrected chi connectivity index (χ2v) is 9.58. The largest absolute Gasteiger partial charge is 0.477 e. The number of nitrogens with zero attached hydrogens (tertiary/aromatic N) is 5. The number of carboxylic acids is 1. The summed E-state index contributed by atoms with van der Waals surface area (Å²) in [6, 6.07) is -1.55. The van der Waals surface area contributed by atoms with Gasteiger partial charge in [0.05, 0.1) is 6.04 Å². The van der Waals surface area contributed by atoms with Gasteiger partial charge in [0.2, 0.25) is 5.16 Å². The quantitative estimate of drug-likeness (QED) is 0.192. The van der Waals surface area contributed by atoms with E-state index in [-0.39, 0.29) is 20.9 Å². The third-order valence-corrected chi connectivity index (χ3v) is 7.28. The highest BCUT2D eigenvalue weighted by molar-refractivity contribution is 8.03. The molecule has 12 nitrogen and oxygen atoms in total. The molecule has 0 aromatic carbocycles. The van der Waals surface area contributed by atoms with Gasteiger partial charge in [-0.15, -0.1) is 0 Å². The van der Waals surface area contributed by atoms with E-state index in [1.54, 1.807) is 0 Å². The van der Waals surface area contributed by atoms with Crippen molar-refractivity contribution in [2.24, 2.45) is 5.16 Å². The Morgan fingerprint density at radius 2 is 2.23 bits per heavy atom. The van der Waals surface area contributed by atoms with Gasteiger partial charge in [0.1, 0.15) is 27.3 Å². The molecular formula is C15H12ClN7O5S3. The number of amides is 2. The number of allylic oxidation sites excluding steroid dienone is 1. The van der Waals surface area contributed by atoms with Crippen molar-refractivity contribution in [2.45, 2.75) is 30.1 Å². The maximum atomic E-state index is 12.7. The van der Waals surface area contributed by atoms with Crippen molar-refractivity contribution in [3.63, 3.8) is 0 Å². The van der Waals surface area contributed by atoms with Crippen molar-refractivity contribution in [3.8, 4) is 0 Å². The Kier molecular flexibility index (Phi) is 5.83. The molecule has 162 valence electrons. The molecule has 4 heterocycles. The van der Waals surface area contributed by atoms with Crippen molar-refractivity contribution in [1.82, 2.24) is 24.6 Å². The van der Waals surface area contributed by atoms with Crippen LogP contribution in [0.1, 0.15) is 18.5 Å². The monoisotopic (exact) mass is 501 g/mol. The number of carbonyl (C=O) groups is 3. The minimum absolute atomic E-state index is 0.0492. The summed E-state index contributed by atoms with van der Waals surface area (Å²) in [5, 5.41) is 24.8. The van der Waals surface area contributed by atoms with E-state index in [4.69, 9.17) is 17.3 Å². The number of aliphatic carboxylic acids is 1. The summed E-state index contributed by atoms with van der Waals surface area (Å²) in [5.74, 6) is -2.75. The molecule has 0 bridgehead atoms. The van der Waals surface area contributed by atoms with E-state index in [1.807, 2.05) is 0 Å². The highest BCUT2D eigenvalue weighted by Crippen LogP contribution is 2.42. The van der Waals surface area contributed by atoms with Gasteiger partial charge in [0, 0.05) is 4.91 Å². The fourth-order valence-corrected chi connectivity index (χ4v) is 5.75. The van der Waals surface area contributed by atoms with E-state index in [2.05, 4.69) is 24.8 Å². The number of carbonyl (C=O) groups excluding carboxylic acids is 2. The number of oxime groups is 1. The van der Waals surface area contributed by atoms with E-state index >= 15 is 0 Å². The first-order valence-corrected chi connectivity index (χ1v) is 11.4. The number of anilines is 1. The highest BCUT2D eigenvalue weighted by Gasteiger charge is 2.54. The van der Waals surface area contributed by atoms with Crippen LogP contribution in [-0.2, 0) is 14.4 Å². The van der Waals surface area contributed by atoms with Crippen LogP contribution >= 0.6 is 46.2 Å². The second-order valence-electron chi connectivity index (χ2n) is 6.28. The molecule has 1 saturated heterocycles. The van der Waals surface area contributed by atoms with Crippen LogP contribution in [0.4, 0.5) is 5.13 Å². The van der Waals surface area contributed by atoms with Crippen molar-refractivity contribution >= 4 is 74.9 Å². The predicted molar refractivity (Wildman–Crippen MR) is 112 cm³/mol. The van der Waals surface area contributed by atoms with Crippen LogP contribution in [0.5, 0.6) is 0 Å². The molecule has 2 aliphatic heterocycles. The van der Waals surface area contributed by atoms with Crippen LogP contribution in [0.15, 0.2) is 26.4 Å². The van der Waals surface area contributed by atoms with Gasteiger partial charge < -0.3 is 21.4 Å². The summed E-state index contributed by atoms with van der Waals surface area (Å²) < 4.78 is 4.10. The number of rotatable bonds is 6. The molecule has 2 atom stereocenters. The molecule has 2 unspecified atom stereocenters. The number of thioether (sulfide) groups is 1. The van der Waals surface area contributed by atoms with Gasteiger partial charge in [-0.05, 0) is 24.4 Å². The molecule has 2 aromatic heterocycles. The summed E-state index contributed by atoms with van der Waals surface area (Å²) in [5.41, 5.74) is 6.30. The standard InChI is InChI=1S/C15H12ClN7O5S3/c16-10-7(20-14(17)31-10)8(21-28)11(24)19-6-4-1-2-5(30-15-18-3-29-22-15)9(13(26)27)23(4)12(6)25/h3-4,6,28H,1-2H2,(H2,17,20)(H,19,24)(H,26,27)/b21-8-. The lowest BCUT2D eigenvalue weighted by Gasteiger charge is -2.49. The molecule has 31 heavy (non-hydrogen) atoms. The van der Waals surface area contributed by atoms with Crippen molar-refractivity contribution < 1.29 is 24.7 Å². The fraction of sp³-hybridized carbons (Fsp3) is 0.267. The lowest BCUT2D eigenvalue weighted by molar-refractivity contribution is -0.155. The third kappa shape index (κ3) is 3.84. The van der Waals surface area contributed by atoms with Crippen LogP contribution in [0.2, 0.25) is 4.34 Å². The third-order valence-electron chi connectivity index (χ3n) is 4.58. The number of halogens is 1. The molecule has 16 heteroatoms. The number of thiazole rings is 1. The molecule has 2 amide bonds. The summed E-state index contributed by atoms with van der Waals surface area (Å²) >= 11 is 9.08. The van der Waals surface area contributed by atoms with Crippen LogP contribution in [-0.4, -0.2) is 65.1 Å². The Labute approximate surface area is 191 Å². The first kappa shape index (κ1) is 21.5. The van der Waals surface area contributed by atoms with Gasteiger partial charge in [0.25, 0.3) is 11.8 Å². The Bertz CT molecular complexity index is 1130. The Morgan fingerprint density at radius 3 is 2.81 bits per heavy atom. The van der Waals surface area contributed by atoms with E-state index < -0.39 is 35.6 Å². The van der Waals surface area contributed by atoms with E-state index in [9.17, 15) is 24.7 Å². The molecule has 4 rings (SSSR count). The zero-order valence-corrected chi connectivity index (χ0v) is 18.4. The van der Waals surface area contributed by atoms with Crippen LogP contribution in [0, 0.1) is 0 Å². The number of nitrogens with one attached hydrogen (secondary N) is 1. The van der Waals surface area contributed by atoms with E-state index in [0.717, 1.165) is 39.5 Å². The fourth-order valence-electron chi connectivity index (χ4n) is 3.32. The lowest BCUT2D eigenvalue weighted by Crippen LogP contribution is -2.72. The van der Waals surface area contributed by atoms with Gasteiger partial charge in [-0.3, -0.25) is 14.5 Å². The van der Waals surface area contributed by atoms with Crippen LogP contribution in [0.3, 0.4) is 0 Å². The number of hydrogen-bond donors (Lipinski definition) is 4. The van der Waals surface area contributed by atoms with Crippen LogP contribution in [0.25, 0.3) is 0 Å². The Morgan fingerprint density at radius 1 is 1.45 bits per heavy atom. The van der Waals surface area contributed by atoms with Gasteiger partial charge >= 0.3 is 5.97 Å². The molecule has 0 radical (unpaired) electrons. The van der Waals surface area contributed by atoms with Gasteiger partial charge in [-0.2, -0.15) is 4.37 Å². The molecule has 2 aliphatic rings. The molecule has 5 N–H and O–H groups in total. The van der Waals surface area contributed by atoms with Gasteiger partial charge in [-0.1, -0.05) is 39.9 Å². The molecular weight excluding hydrogens is 490 g/mol. The Balaban J connectivity index is 1.53. The Hall–Kier alpha value is -2.75. The molecule has 0 spiro atoms. The average molecular weight is 502 g/mol. The predicted octanol–water partition coefficient (Wildman–Crippen LogP) is 0.986. The van der Waals surface area contributed by atoms with Crippen molar-refractivity contribution in [3.05, 3.63) is 26.1 Å². The average Bonchev–Trinajstić information content (AvgIpc) is 3.35. The summed E-state index contributed by atoms with van der Waals surface area (Å²) in [6.07, 6.45) is 0.775. The van der Waals surface area contributed by atoms with E-state index in [1.165, 1.54) is 5.51 Å². The summed E-state index contributed by atoms with van der Waals surface area (Å²) in [4.78, 5) is 46.7.